The molecule has 0 spiro atoms. The van der Waals surface area contributed by atoms with Crippen molar-refractivity contribution in [2.75, 3.05) is 26.2 Å². The molecule has 0 saturated carbocycles. The molecule has 1 atom stereocenters. The van der Waals surface area contributed by atoms with Crippen LogP contribution in [0.5, 0.6) is 0 Å². The van der Waals surface area contributed by atoms with E-state index >= 15 is 0 Å². The molecule has 1 aliphatic heterocycles. The molecule has 3 nitrogen and oxygen atoms in total. The summed E-state index contributed by atoms with van der Waals surface area (Å²) in [7, 11) is 0. The van der Waals surface area contributed by atoms with Crippen LogP contribution in [0.15, 0.2) is 12.2 Å². The second kappa shape index (κ2) is 4.91. The first-order chi connectivity index (χ1) is 5.83. The molecule has 0 amide bonds. The largest absolute Gasteiger partial charge is 0.376 e. The first kappa shape index (κ1) is 9.24. The number of morpholine rings is 1. The molecule has 1 aliphatic rings. The van der Waals surface area contributed by atoms with Crippen molar-refractivity contribution in [1.82, 2.24) is 4.90 Å². The fourth-order valence-electron chi connectivity index (χ4n) is 1.31. The van der Waals surface area contributed by atoms with E-state index in [2.05, 4.69) is 11.8 Å². The van der Waals surface area contributed by atoms with Crippen LogP contribution in [0.1, 0.15) is 6.92 Å². The van der Waals surface area contributed by atoms with Gasteiger partial charge >= 0.3 is 0 Å². The van der Waals surface area contributed by atoms with Crippen molar-refractivity contribution >= 4 is 0 Å². The SMILES string of the molecule is CC1CN(C/C=C/C#N)CCO1. The van der Waals surface area contributed by atoms with Crippen molar-refractivity contribution in [3.63, 3.8) is 0 Å². The predicted molar refractivity (Wildman–Crippen MR) is 46.6 cm³/mol. The van der Waals surface area contributed by atoms with Crippen LogP contribution in [-0.4, -0.2) is 37.2 Å². The van der Waals surface area contributed by atoms with E-state index in [-0.39, 0.29) is 0 Å². The van der Waals surface area contributed by atoms with E-state index in [0.29, 0.717) is 6.10 Å². The van der Waals surface area contributed by atoms with E-state index in [9.17, 15) is 0 Å². The Morgan fingerprint density at radius 2 is 2.58 bits per heavy atom. The molecule has 0 aromatic carbocycles. The average molecular weight is 166 g/mol. The Bertz CT molecular complexity index is 195. The van der Waals surface area contributed by atoms with Crippen molar-refractivity contribution in [3.05, 3.63) is 12.2 Å². The van der Waals surface area contributed by atoms with Crippen molar-refractivity contribution in [2.45, 2.75) is 13.0 Å². The zero-order chi connectivity index (χ0) is 8.81. The highest BCUT2D eigenvalue weighted by Gasteiger charge is 2.14. The van der Waals surface area contributed by atoms with Crippen molar-refractivity contribution in [1.29, 1.82) is 5.26 Å². The van der Waals surface area contributed by atoms with Crippen molar-refractivity contribution < 1.29 is 4.74 Å². The van der Waals surface area contributed by atoms with Crippen LogP contribution < -0.4 is 0 Å². The van der Waals surface area contributed by atoms with Gasteiger partial charge in [0.25, 0.3) is 0 Å². The molecule has 0 aromatic heterocycles. The topological polar surface area (TPSA) is 36.3 Å². The highest BCUT2D eigenvalue weighted by Crippen LogP contribution is 2.03. The van der Waals surface area contributed by atoms with Gasteiger partial charge in [0.15, 0.2) is 0 Å². The van der Waals surface area contributed by atoms with Crippen LogP contribution in [0.4, 0.5) is 0 Å². The van der Waals surface area contributed by atoms with Crippen LogP contribution in [0.25, 0.3) is 0 Å². The van der Waals surface area contributed by atoms with Crippen molar-refractivity contribution in [2.24, 2.45) is 0 Å². The Kier molecular flexibility index (Phi) is 3.78. The summed E-state index contributed by atoms with van der Waals surface area (Å²) in [5.41, 5.74) is 0. The summed E-state index contributed by atoms with van der Waals surface area (Å²) >= 11 is 0. The van der Waals surface area contributed by atoms with Gasteiger partial charge in [-0.05, 0) is 6.92 Å². The average Bonchev–Trinajstić information content (AvgIpc) is 2.05. The molecule has 1 saturated heterocycles. The molecule has 1 rings (SSSR count). The van der Waals surface area contributed by atoms with Crippen LogP contribution in [-0.2, 0) is 4.74 Å². The first-order valence-electron chi connectivity index (χ1n) is 4.21. The lowest BCUT2D eigenvalue weighted by atomic mass is 10.3. The third-order valence-electron chi connectivity index (χ3n) is 1.88. The van der Waals surface area contributed by atoms with Crippen LogP contribution in [0, 0.1) is 11.3 Å². The Balaban J connectivity index is 2.23. The lowest BCUT2D eigenvalue weighted by Gasteiger charge is -2.29. The van der Waals surface area contributed by atoms with Gasteiger partial charge < -0.3 is 4.74 Å². The van der Waals surface area contributed by atoms with Gasteiger partial charge in [-0.2, -0.15) is 5.26 Å². The van der Waals surface area contributed by atoms with Gasteiger partial charge in [0, 0.05) is 25.7 Å². The van der Waals surface area contributed by atoms with Crippen LogP contribution >= 0.6 is 0 Å². The standard InChI is InChI=1S/C9H14N2O/c1-9-8-11(6-7-12-9)5-3-2-4-10/h2-3,9H,5-8H2,1H3/b3-2+. The maximum absolute atomic E-state index is 8.27. The van der Waals surface area contributed by atoms with Crippen LogP contribution in [0.3, 0.4) is 0 Å². The number of ether oxygens (including phenoxy) is 1. The minimum absolute atomic E-state index is 0.328. The molecule has 1 heterocycles. The molecule has 0 aromatic rings. The monoisotopic (exact) mass is 166 g/mol. The normalized spacial score (nSPS) is 25.8. The summed E-state index contributed by atoms with van der Waals surface area (Å²) in [4.78, 5) is 2.28. The van der Waals surface area contributed by atoms with E-state index < -0.39 is 0 Å². The highest BCUT2D eigenvalue weighted by atomic mass is 16.5. The molecule has 0 bridgehead atoms. The van der Waals surface area contributed by atoms with Gasteiger partial charge in [-0.25, -0.2) is 0 Å². The summed E-state index contributed by atoms with van der Waals surface area (Å²) < 4.78 is 5.38. The molecule has 12 heavy (non-hydrogen) atoms. The minimum atomic E-state index is 0.328. The molecular formula is C9H14N2O. The van der Waals surface area contributed by atoms with E-state index in [0.717, 1.165) is 26.2 Å². The second-order valence-corrected chi connectivity index (χ2v) is 2.97. The lowest BCUT2D eigenvalue weighted by molar-refractivity contribution is -0.0140. The number of rotatable bonds is 2. The first-order valence-corrected chi connectivity index (χ1v) is 4.21. The second-order valence-electron chi connectivity index (χ2n) is 2.97. The Hall–Kier alpha value is -0.850. The summed E-state index contributed by atoms with van der Waals surface area (Å²) in [5.74, 6) is 0. The Labute approximate surface area is 73.2 Å². The summed E-state index contributed by atoms with van der Waals surface area (Å²) in [6.45, 7) is 5.68. The maximum atomic E-state index is 8.27. The molecule has 1 unspecified atom stereocenters. The minimum Gasteiger partial charge on any atom is -0.376 e. The third kappa shape index (κ3) is 3.04. The number of nitriles is 1. The maximum Gasteiger partial charge on any atom is 0.0909 e. The third-order valence-corrected chi connectivity index (χ3v) is 1.88. The van der Waals surface area contributed by atoms with E-state index in [1.165, 1.54) is 6.08 Å². The van der Waals surface area contributed by atoms with Crippen LogP contribution in [0.2, 0.25) is 0 Å². The van der Waals surface area contributed by atoms with Gasteiger partial charge in [-0.3, -0.25) is 4.90 Å². The number of nitrogens with zero attached hydrogens (tertiary/aromatic N) is 2. The fraction of sp³-hybridized carbons (Fsp3) is 0.667. The molecule has 0 aliphatic carbocycles. The molecule has 3 heteroatoms. The van der Waals surface area contributed by atoms with Crippen molar-refractivity contribution in [3.8, 4) is 6.07 Å². The molecule has 0 N–H and O–H groups in total. The molecular weight excluding hydrogens is 152 g/mol. The van der Waals surface area contributed by atoms with Gasteiger partial charge in [-0.1, -0.05) is 6.08 Å². The summed E-state index contributed by atoms with van der Waals surface area (Å²) in [6.07, 6.45) is 3.74. The van der Waals surface area contributed by atoms with Gasteiger partial charge in [0.05, 0.1) is 18.8 Å². The summed E-state index contributed by atoms with van der Waals surface area (Å²) in [5, 5.41) is 8.27. The van der Waals surface area contributed by atoms with Gasteiger partial charge in [0.2, 0.25) is 0 Å². The smallest absolute Gasteiger partial charge is 0.0909 e. The zero-order valence-electron chi connectivity index (χ0n) is 7.36. The van der Waals surface area contributed by atoms with E-state index in [1.807, 2.05) is 12.1 Å². The number of allylic oxidation sites excluding steroid dienone is 1. The number of hydrogen-bond donors (Lipinski definition) is 0. The van der Waals surface area contributed by atoms with E-state index in [1.54, 1.807) is 0 Å². The van der Waals surface area contributed by atoms with Gasteiger partial charge in [0.1, 0.15) is 0 Å². The number of hydrogen-bond acceptors (Lipinski definition) is 3. The highest BCUT2D eigenvalue weighted by molar-refractivity contribution is 5.02. The molecule has 66 valence electrons. The quantitative estimate of drug-likeness (QED) is 0.569. The molecule has 0 radical (unpaired) electrons. The molecule has 1 fully saturated rings. The predicted octanol–water partition coefficient (Wildman–Crippen LogP) is 0.787. The lowest BCUT2D eigenvalue weighted by Crippen LogP contribution is -2.40. The Morgan fingerprint density at radius 1 is 1.75 bits per heavy atom. The fourth-order valence-corrected chi connectivity index (χ4v) is 1.31. The van der Waals surface area contributed by atoms with Gasteiger partial charge in [-0.15, -0.1) is 0 Å². The Morgan fingerprint density at radius 3 is 3.25 bits per heavy atom. The summed E-state index contributed by atoms with van der Waals surface area (Å²) in [6, 6.07) is 1.98. The zero-order valence-corrected chi connectivity index (χ0v) is 7.36. The van der Waals surface area contributed by atoms with E-state index in [4.69, 9.17) is 10.00 Å².